The Morgan fingerprint density at radius 2 is 1.45 bits per heavy atom. The van der Waals surface area contributed by atoms with Crippen molar-refractivity contribution >= 4 is 43.1 Å². The number of fused-ring (bicyclic) bond motifs is 7. The number of ether oxygens (including phenoxy) is 1. The van der Waals surface area contributed by atoms with E-state index in [9.17, 15) is 0 Å². The first-order chi connectivity index (χ1) is 16.1. The van der Waals surface area contributed by atoms with Crippen molar-refractivity contribution in [2.24, 2.45) is 0 Å². The molecule has 156 valence electrons. The quantitative estimate of drug-likeness (QED) is 0.142. The second kappa shape index (κ2) is 5.71. The van der Waals surface area contributed by atoms with Gasteiger partial charge in [-0.05, 0) is 56.8 Å². The summed E-state index contributed by atoms with van der Waals surface area (Å²) in [6, 6.07) is 28.9. The van der Waals surface area contributed by atoms with Crippen LogP contribution in [-0.4, -0.2) is 0 Å². The molecule has 0 unspecified atom stereocenters. The van der Waals surface area contributed by atoms with Gasteiger partial charge < -0.3 is 4.74 Å². The molecule has 8 rings (SSSR count). The van der Waals surface area contributed by atoms with Crippen molar-refractivity contribution in [1.82, 2.24) is 0 Å². The molecule has 2 heteroatoms. The molecule has 0 fully saturated rings. The number of benzene rings is 5. The molecule has 0 spiro atoms. The Labute approximate surface area is 191 Å². The maximum atomic E-state index is 6.52. The van der Waals surface area contributed by atoms with Gasteiger partial charge in [-0.15, -0.1) is 0 Å². The minimum atomic E-state index is -0.127. The van der Waals surface area contributed by atoms with Gasteiger partial charge in [0.1, 0.15) is 5.75 Å². The minimum Gasteiger partial charge on any atom is -0.434 e. The Balaban J connectivity index is 1.59. The van der Waals surface area contributed by atoms with Crippen molar-refractivity contribution < 1.29 is 9.30 Å². The third-order valence-electron chi connectivity index (χ3n) is 7.87. The van der Waals surface area contributed by atoms with E-state index in [1.54, 1.807) is 0 Å². The summed E-state index contributed by atoms with van der Waals surface area (Å²) in [5.74, 6) is 1.04. The summed E-state index contributed by atoms with van der Waals surface area (Å²) in [4.78, 5) is 0. The molecule has 0 atom stereocenters. The van der Waals surface area contributed by atoms with E-state index in [1.807, 2.05) is 0 Å². The van der Waals surface area contributed by atoms with Crippen LogP contribution in [0.3, 0.4) is 0 Å². The molecule has 0 bridgehead atoms. The number of rotatable bonds is 0. The summed E-state index contributed by atoms with van der Waals surface area (Å²) in [6.07, 6.45) is 2.28. The van der Waals surface area contributed by atoms with Gasteiger partial charge >= 0.3 is 0 Å². The first kappa shape index (κ1) is 17.6. The Bertz CT molecular complexity index is 1840. The van der Waals surface area contributed by atoms with E-state index in [-0.39, 0.29) is 5.41 Å². The van der Waals surface area contributed by atoms with Gasteiger partial charge in [0.25, 0.3) is 6.73 Å². The zero-order valence-corrected chi connectivity index (χ0v) is 18.6. The van der Waals surface area contributed by atoms with Crippen molar-refractivity contribution in [3.63, 3.8) is 0 Å². The Morgan fingerprint density at radius 3 is 2.30 bits per heavy atom. The molecule has 6 aromatic rings. The molecule has 0 saturated carbocycles. The van der Waals surface area contributed by atoms with Crippen LogP contribution in [0, 0.1) is 0 Å². The van der Waals surface area contributed by atoms with Crippen molar-refractivity contribution in [1.29, 1.82) is 0 Å². The SMILES string of the molecule is CC1(C)c2cc3cc4ccccc4cc3c3c2-c2c1c1c(ccc4ccccc41)c[n+]2CO3. The molecule has 2 heterocycles. The van der Waals surface area contributed by atoms with Gasteiger partial charge in [-0.1, -0.05) is 68.4 Å². The first-order valence-corrected chi connectivity index (χ1v) is 11.6. The van der Waals surface area contributed by atoms with E-state index in [0.717, 1.165) is 5.75 Å². The largest absolute Gasteiger partial charge is 0.434 e. The molecular weight excluding hydrogens is 402 g/mol. The predicted molar refractivity (Wildman–Crippen MR) is 135 cm³/mol. The fourth-order valence-electron chi connectivity index (χ4n) is 6.35. The average molecular weight is 425 g/mol. The van der Waals surface area contributed by atoms with Crippen LogP contribution in [0.4, 0.5) is 0 Å². The van der Waals surface area contributed by atoms with E-state index in [1.165, 1.54) is 65.5 Å². The highest BCUT2D eigenvalue weighted by molar-refractivity contribution is 6.13. The molecule has 2 nitrogen and oxygen atoms in total. The van der Waals surface area contributed by atoms with Crippen LogP contribution in [0.5, 0.6) is 5.75 Å². The Morgan fingerprint density at radius 1 is 0.727 bits per heavy atom. The summed E-state index contributed by atoms with van der Waals surface area (Å²) in [7, 11) is 0. The maximum absolute atomic E-state index is 6.52. The minimum absolute atomic E-state index is 0.127. The van der Waals surface area contributed by atoms with E-state index >= 15 is 0 Å². The predicted octanol–water partition coefficient (Wildman–Crippen LogP) is 7.24. The third kappa shape index (κ3) is 2.07. The van der Waals surface area contributed by atoms with Crippen molar-refractivity contribution in [2.45, 2.75) is 26.0 Å². The summed E-state index contributed by atoms with van der Waals surface area (Å²) >= 11 is 0. The van der Waals surface area contributed by atoms with Gasteiger partial charge in [0, 0.05) is 27.1 Å². The summed E-state index contributed by atoms with van der Waals surface area (Å²) in [5.41, 5.74) is 5.27. The molecule has 1 aliphatic heterocycles. The molecule has 0 amide bonds. The summed E-state index contributed by atoms with van der Waals surface area (Å²) in [6.45, 7) is 5.30. The van der Waals surface area contributed by atoms with Crippen LogP contribution in [-0.2, 0) is 12.1 Å². The first-order valence-electron chi connectivity index (χ1n) is 11.6. The number of pyridine rings is 1. The van der Waals surface area contributed by atoms with Crippen LogP contribution >= 0.6 is 0 Å². The van der Waals surface area contributed by atoms with Gasteiger partial charge in [0.2, 0.25) is 5.69 Å². The van der Waals surface area contributed by atoms with Crippen molar-refractivity contribution in [3.8, 4) is 17.0 Å². The third-order valence-corrected chi connectivity index (χ3v) is 7.87. The highest BCUT2D eigenvalue weighted by Crippen LogP contribution is 2.56. The fourth-order valence-corrected chi connectivity index (χ4v) is 6.35. The monoisotopic (exact) mass is 424 g/mol. The molecule has 2 aliphatic rings. The second-order valence-corrected chi connectivity index (χ2v) is 10.0. The molecule has 0 radical (unpaired) electrons. The van der Waals surface area contributed by atoms with Crippen LogP contribution in [0.2, 0.25) is 0 Å². The molecule has 1 aliphatic carbocycles. The van der Waals surface area contributed by atoms with Crippen LogP contribution < -0.4 is 9.30 Å². The van der Waals surface area contributed by atoms with E-state index in [2.05, 4.69) is 103 Å². The zero-order valence-electron chi connectivity index (χ0n) is 18.6. The van der Waals surface area contributed by atoms with Crippen LogP contribution in [0.1, 0.15) is 25.0 Å². The lowest BCUT2D eigenvalue weighted by molar-refractivity contribution is -0.716. The van der Waals surface area contributed by atoms with Gasteiger partial charge in [0.15, 0.2) is 6.20 Å². The average Bonchev–Trinajstić information content (AvgIpc) is 3.08. The highest BCUT2D eigenvalue weighted by Gasteiger charge is 2.47. The molecule has 5 aromatic carbocycles. The molecule has 0 saturated heterocycles. The molecular formula is C31H22NO+. The summed E-state index contributed by atoms with van der Waals surface area (Å²) < 4.78 is 8.84. The Hall–Kier alpha value is -3.91. The lowest BCUT2D eigenvalue weighted by Gasteiger charge is -2.22. The van der Waals surface area contributed by atoms with Gasteiger partial charge in [-0.25, -0.2) is 0 Å². The number of hydrogen-bond acceptors (Lipinski definition) is 1. The van der Waals surface area contributed by atoms with E-state index in [0.29, 0.717) is 6.73 Å². The van der Waals surface area contributed by atoms with Gasteiger partial charge in [-0.2, -0.15) is 4.57 Å². The van der Waals surface area contributed by atoms with Crippen LogP contribution in [0.25, 0.3) is 54.3 Å². The number of nitrogens with zero attached hydrogens (tertiary/aromatic N) is 1. The zero-order chi connectivity index (χ0) is 21.9. The topological polar surface area (TPSA) is 13.1 Å². The second-order valence-electron chi connectivity index (χ2n) is 10.0. The Kier molecular flexibility index (Phi) is 3.05. The maximum Gasteiger partial charge on any atom is 0.292 e. The van der Waals surface area contributed by atoms with Gasteiger partial charge in [0.05, 0.1) is 5.56 Å². The van der Waals surface area contributed by atoms with Gasteiger partial charge in [-0.3, -0.25) is 0 Å². The fraction of sp³-hybridized carbons (Fsp3) is 0.129. The molecule has 0 N–H and O–H groups in total. The molecule has 1 aromatic heterocycles. The van der Waals surface area contributed by atoms with Crippen LogP contribution in [0.15, 0.2) is 85.1 Å². The van der Waals surface area contributed by atoms with E-state index < -0.39 is 0 Å². The number of hydrogen-bond donors (Lipinski definition) is 0. The van der Waals surface area contributed by atoms with Crippen molar-refractivity contribution in [3.05, 3.63) is 96.2 Å². The standard InChI is InChI=1S/C31H22NO/c1-31(2)25-15-22-13-19-8-3-4-9-20(19)14-24(22)30-27(25)29-28(31)26-21(16-32(29)17-33-30)12-11-18-7-5-6-10-23(18)26/h3-16H,17H2,1-2H3/q+1. The highest BCUT2D eigenvalue weighted by atomic mass is 16.5. The smallest absolute Gasteiger partial charge is 0.292 e. The van der Waals surface area contributed by atoms with E-state index in [4.69, 9.17) is 4.74 Å². The lowest BCUT2D eigenvalue weighted by atomic mass is 9.79. The molecule has 33 heavy (non-hydrogen) atoms. The normalized spacial score (nSPS) is 15.3. The summed E-state index contributed by atoms with van der Waals surface area (Å²) in [5, 5.41) is 10.3. The lowest BCUT2D eigenvalue weighted by Crippen LogP contribution is -2.42. The number of aromatic nitrogens is 1. The van der Waals surface area contributed by atoms with Crippen molar-refractivity contribution in [2.75, 3.05) is 0 Å².